The number of halogens is 2. The van der Waals surface area contributed by atoms with Crippen LogP contribution in [-0.4, -0.2) is 42.7 Å². The first-order valence-corrected chi connectivity index (χ1v) is 9.62. The Kier molecular flexibility index (Phi) is 8.10. The Hall–Kier alpha value is -1.82. The Labute approximate surface area is 173 Å². The van der Waals surface area contributed by atoms with Gasteiger partial charge in [-0.05, 0) is 48.2 Å². The summed E-state index contributed by atoms with van der Waals surface area (Å²) < 4.78 is 19.9. The van der Waals surface area contributed by atoms with Crippen LogP contribution in [0.2, 0.25) is 0 Å². The van der Waals surface area contributed by atoms with Crippen LogP contribution in [0.25, 0.3) is 0 Å². The molecule has 28 heavy (non-hydrogen) atoms. The molecule has 1 aliphatic heterocycles. The molecule has 1 heterocycles. The summed E-state index contributed by atoms with van der Waals surface area (Å²) in [4.78, 5) is 2.37. The predicted octanol–water partition coefficient (Wildman–Crippen LogP) is 4.41. The van der Waals surface area contributed by atoms with E-state index >= 15 is 0 Å². The van der Waals surface area contributed by atoms with Gasteiger partial charge in [-0.15, -0.1) is 12.4 Å². The van der Waals surface area contributed by atoms with Gasteiger partial charge in [-0.1, -0.05) is 26.0 Å². The van der Waals surface area contributed by atoms with Crippen LogP contribution < -0.4 is 10.1 Å². The number of aromatic hydroxyl groups is 1. The van der Waals surface area contributed by atoms with Gasteiger partial charge < -0.3 is 15.2 Å². The van der Waals surface area contributed by atoms with E-state index < -0.39 is 0 Å². The van der Waals surface area contributed by atoms with E-state index in [4.69, 9.17) is 4.74 Å². The molecule has 4 nitrogen and oxygen atoms in total. The Morgan fingerprint density at radius 1 is 1.14 bits per heavy atom. The van der Waals surface area contributed by atoms with Crippen LogP contribution in [-0.2, 0) is 0 Å². The van der Waals surface area contributed by atoms with Crippen LogP contribution in [0.1, 0.15) is 42.6 Å². The van der Waals surface area contributed by atoms with E-state index in [0.717, 1.165) is 55.2 Å². The zero-order chi connectivity index (χ0) is 19.4. The lowest BCUT2D eigenvalue weighted by Crippen LogP contribution is -2.45. The van der Waals surface area contributed by atoms with E-state index in [0.29, 0.717) is 0 Å². The van der Waals surface area contributed by atoms with E-state index in [1.807, 2.05) is 13.0 Å². The number of aryl methyl sites for hydroxylation is 1. The van der Waals surface area contributed by atoms with Crippen molar-refractivity contribution in [2.45, 2.75) is 32.8 Å². The number of hydrogen-bond donors (Lipinski definition) is 2. The monoisotopic (exact) mass is 408 g/mol. The molecule has 0 spiro atoms. The van der Waals surface area contributed by atoms with Crippen LogP contribution in [0.5, 0.6) is 11.5 Å². The minimum absolute atomic E-state index is 0. The maximum absolute atomic E-state index is 13.4. The van der Waals surface area contributed by atoms with Gasteiger partial charge in [-0.2, -0.15) is 0 Å². The number of benzene rings is 2. The van der Waals surface area contributed by atoms with Crippen LogP contribution in [0, 0.1) is 12.7 Å². The molecule has 0 radical (unpaired) electrons. The number of phenolic OH excluding ortho intramolecular Hbond substituents is 1. The third-order valence-corrected chi connectivity index (χ3v) is 5.10. The topological polar surface area (TPSA) is 44.7 Å². The average Bonchev–Trinajstić information content (AvgIpc) is 2.65. The number of rotatable bonds is 6. The van der Waals surface area contributed by atoms with Crippen LogP contribution in [0.15, 0.2) is 36.4 Å². The Morgan fingerprint density at radius 2 is 1.79 bits per heavy atom. The van der Waals surface area contributed by atoms with Gasteiger partial charge in [0.05, 0.1) is 0 Å². The highest BCUT2D eigenvalue weighted by Crippen LogP contribution is 2.35. The second-order valence-corrected chi connectivity index (χ2v) is 7.54. The zero-order valence-electron chi connectivity index (χ0n) is 16.7. The highest BCUT2D eigenvalue weighted by molar-refractivity contribution is 5.85. The minimum Gasteiger partial charge on any atom is -0.508 e. The maximum atomic E-state index is 13.4. The fourth-order valence-corrected chi connectivity index (χ4v) is 3.41. The van der Waals surface area contributed by atoms with Crippen molar-refractivity contribution in [2.75, 3.05) is 32.7 Å². The fraction of sp³-hybridized carbons (Fsp3) is 0.455. The first kappa shape index (κ1) is 22.5. The van der Waals surface area contributed by atoms with Crippen molar-refractivity contribution in [1.82, 2.24) is 10.2 Å². The molecule has 154 valence electrons. The number of ether oxygens (including phenoxy) is 1. The third kappa shape index (κ3) is 5.60. The highest BCUT2D eigenvalue weighted by atomic mass is 35.5. The molecule has 1 atom stereocenters. The molecule has 2 N–H and O–H groups in total. The summed E-state index contributed by atoms with van der Waals surface area (Å²) in [5, 5.41) is 13.5. The minimum atomic E-state index is -0.247. The lowest BCUT2D eigenvalue weighted by molar-refractivity contribution is 0.122. The summed E-state index contributed by atoms with van der Waals surface area (Å²) in [6.07, 6.45) is -0.204. The Balaban J connectivity index is 0.00000280. The van der Waals surface area contributed by atoms with Crippen molar-refractivity contribution in [2.24, 2.45) is 0 Å². The van der Waals surface area contributed by atoms with E-state index in [1.165, 1.54) is 12.1 Å². The number of piperazine rings is 1. The number of nitrogens with zero attached hydrogens (tertiary/aromatic N) is 1. The van der Waals surface area contributed by atoms with Gasteiger partial charge in [-0.3, -0.25) is 4.90 Å². The molecule has 0 saturated carbocycles. The van der Waals surface area contributed by atoms with Crippen molar-refractivity contribution in [3.63, 3.8) is 0 Å². The first-order chi connectivity index (χ1) is 12.9. The SMILES string of the molecule is Cc1cc(OC(CN2CCNCC2)c2ccc(F)cc2)c(C(C)C)cc1O.Cl. The molecular weight excluding hydrogens is 379 g/mol. The van der Waals surface area contributed by atoms with Gasteiger partial charge in [0.15, 0.2) is 0 Å². The quantitative estimate of drug-likeness (QED) is 0.743. The summed E-state index contributed by atoms with van der Waals surface area (Å²) in [6.45, 7) is 10.6. The molecule has 0 aliphatic carbocycles. The van der Waals surface area contributed by atoms with Crippen molar-refractivity contribution in [1.29, 1.82) is 0 Å². The van der Waals surface area contributed by atoms with Crippen molar-refractivity contribution in [3.8, 4) is 11.5 Å². The molecule has 1 saturated heterocycles. The smallest absolute Gasteiger partial charge is 0.136 e. The molecule has 1 fully saturated rings. The summed E-state index contributed by atoms with van der Waals surface area (Å²) in [5.41, 5.74) is 2.72. The maximum Gasteiger partial charge on any atom is 0.136 e. The molecule has 0 aromatic heterocycles. The standard InChI is InChI=1S/C22H29FN2O2.ClH/c1-15(2)19-13-20(26)16(3)12-21(19)27-22(14-25-10-8-24-9-11-25)17-4-6-18(23)7-5-17;/h4-7,12-13,15,22,24,26H,8-11,14H2,1-3H3;1H. The Morgan fingerprint density at radius 3 is 2.39 bits per heavy atom. The van der Waals surface area contributed by atoms with Gasteiger partial charge >= 0.3 is 0 Å². The van der Waals surface area contributed by atoms with Gasteiger partial charge in [-0.25, -0.2) is 4.39 Å². The number of nitrogens with one attached hydrogen (secondary N) is 1. The van der Waals surface area contributed by atoms with Gasteiger partial charge in [0.2, 0.25) is 0 Å². The molecule has 2 aromatic rings. The average molecular weight is 409 g/mol. The molecule has 0 bridgehead atoms. The van der Waals surface area contributed by atoms with Crippen LogP contribution in [0.3, 0.4) is 0 Å². The van der Waals surface area contributed by atoms with E-state index in [9.17, 15) is 9.50 Å². The molecule has 1 aliphatic rings. The lowest BCUT2D eigenvalue weighted by atomic mass is 9.99. The first-order valence-electron chi connectivity index (χ1n) is 9.62. The predicted molar refractivity (Wildman–Crippen MR) is 113 cm³/mol. The summed E-state index contributed by atoms with van der Waals surface area (Å²) >= 11 is 0. The van der Waals surface area contributed by atoms with Crippen molar-refractivity contribution < 1.29 is 14.2 Å². The summed E-state index contributed by atoms with van der Waals surface area (Å²) in [7, 11) is 0. The molecule has 0 amide bonds. The molecular formula is C22H30ClFN2O2. The molecule has 3 rings (SSSR count). The summed E-state index contributed by atoms with van der Waals surface area (Å²) in [5.74, 6) is 1.04. The third-order valence-electron chi connectivity index (χ3n) is 5.10. The normalized spacial score (nSPS) is 15.9. The van der Waals surface area contributed by atoms with Gasteiger partial charge in [0, 0.05) is 38.3 Å². The zero-order valence-corrected chi connectivity index (χ0v) is 17.6. The fourth-order valence-electron chi connectivity index (χ4n) is 3.41. The van der Waals surface area contributed by atoms with Crippen LogP contribution >= 0.6 is 12.4 Å². The van der Waals surface area contributed by atoms with Crippen LogP contribution in [0.4, 0.5) is 4.39 Å². The largest absolute Gasteiger partial charge is 0.508 e. The molecule has 2 aromatic carbocycles. The highest BCUT2D eigenvalue weighted by Gasteiger charge is 2.22. The van der Waals surface area contributed by atoms with E-state index in [1.54, 1.807) is 18.2 Å². The van der Waals surface area contributed by atoms with E-state index in [-0.39, 0.29) is 36.0 Å². The number of phenols is 1. The Bertz CT molecular complexity index is 762. The second-order valence-electron chi connectivity index (χ2n) is 7.54. The lowest BCUT2D eigenvalue weighted by Gasteiger charge is -2.32. The number of hydrogen-bond acceptors (Lipinski definition) is 4. The van der Waals surface area contributed by atoms with Gasteiger partial charge in [0.1, 0.15) is 23.4 Å². The summed E-state index contributed by atoms with van der Waals surface area (Å²) in [6, 6.07) is 10.2. The second kappa shape index (κ2) is 10.1. The van der Waals surface area contributed by atoms with Gasteiger partial charge in [0.25, 0.3) is 0 Å². The van der Waals surface area contributed by atoms with Crippen molar-refractivity contribution in [3.05, 3.63) is 58.9 Å². The molecule has 1 unspecified atom stereocenters. The van der Waals surface area contributed by atoms with E-state index in [2.05, 4.69) is 24.1 Å². The molecule has 6 heteroatoms. The van der Waals surface area contributed by atoms with Crippen molar-refractivity contribution >= 4 is 12.4 Å².